The van der Waals surface area contributed by atoms with Crippen molar-refractivity contribution in [1.82, 2.24) is 9.78 Å². The molecule has 1 aromatic heterocycles. The number of hydrogen-bond acceptors (Lipinski definition) is 4. The van der Waals surface area contributed by atoms with Crippen LogP contribution in [0.15, 0.2) is 30.5 Å². The van der Waals surface area contributed by atoms with Crippen LogP contribution in [0.5, 0.6) is 5.75 Å². The monoisotopic (exact) mass is 274 g/mol. The summed E-state index contributed by atoms with van der Waals surface area (Å²) >= 11 is 0. The molecule has 1 unspecified atom stereocenters. The molecule has 5 heteroatoms. The average Bonchev–Trinajstić information content (AvgIpc) is 2.92. The molecule has 0 amide bonds. The number of carbonyl (C=O) groups is 1. The van der Waals surface area contributed by atoms with Gasteiger partial charge in [0.15, 0.2) is 6.29 Å². The van der Waals surface area contributed by atoms with Crippen LogP contribution in [0.1, 0.15) is 28.9 Å². The molecule has 1 aromatic carbocycles. The fourth-order valence-corrected chi connectivity index (χ4v) is 2.07. The number of aromatic nitrogens is 2. The number of benzene rings is 1. The van der Waals surface area contributed by atoms with E-state index < -0.39 is 0 Å². The van der Waals surface area contributed by atoms with E-state index in [1.165, 1.54) is 0 Å². The Morgan fingerprint density at radius 1 is 1.30 bits per heavy atom. The number of nitrogens with zero attached hydrogens (tertiary/aromatic N) is 2. The fourth-order valence-electron chi connectivity index (χ4n) is 2.07. The molecular formula is C15H18N2O3. The molecule has 1 atom stereocenters. The van der Waals surface area contributed by atoms with E-state index in [-0.39, 0.29) is 5.92 Å². The zero-order chi connectivity index (χ0) is 14.5. The summed E-state index contributed by atoms with van der Waals surface area (Å²) in [6.45, 7) is 2.51. The van der Waals surface area contributed by atoms with Gasteiger partial charge in [-0.25, -0.2) is 4.68 Å². The van der Waals surface area contributed by atoms with Gasteiger partial charge in [-0.3, -0.25) is 4.79 Å². The van der Waals surface area contributed by atoms with Crippen molar-refractivity contribution in [2.45, 2.75) is 12.8 Å². The number of ether oxygens (including phenoxy) is 2. The van der Waals surface area contributed by atoms with Gasteiger partial charge in [0.25, 0.3) is 0 Å². The maximum atomic E-state index is 11.2. The first-order chi connectivity index (χ1) is 9.69. The molecule has 0 saturated carbocycles. The van der Waals surface area contributed by atoms with E-state index in [0.29, 0.717) is 12.2 Å². The highest BCUT2D eigenvalue weighted by Crippen LogP contribution is 2.20. The summed E-state index contributed by atoms with van der Waals surface area (Å²) in [7, 11) is 3.26. The van der Waals surface area contributed by atoms with Gasteiger partial charge in [-0.1, -0.05) is 6.92 Å². The van der Waals surface area contributed by atoms with E-state index in [1.807, 2.05) is 31.2 Å². The molecular weight excluding hydrogens is 256 g/mol. The first kappa shape index (κ1) is 14.3. The Morgan fingerprint density at radius 2 is 2.00 bits per heavy atom. The third kappa shape index (κ3) is 2.88. The van der Waals surface area contributed by atoms with E-state index in [0.717, 1.165) is 23.4 Å². The normalized spacial score (nSPS) is 12.2. The second-order valence-corrected chi connectivity index (χ2v) is 4.59. The summed E-state index contributed by atoms with van der Waals surface area (Å²) < 4.78 is 11.9. The maximum Gasteiger partial charge on any atom is 0.153 e. The van der Waals surface area contributed by atoms with Gasteiger partial charge in [0.05, 0.1) is 30.7 Å². The fraction of sp³-hybridized carbons (Fsp3) is 0.333. The highest BCUT2D eigenvalue weighted by Gasteiger charge is 2.16. The summed E-state index contributed by atoms with van der Waals surface area (Å²) in [5.74, 6) is 0.851. The lowest BCUT2D eigenvalue weighted by atomic mass is 10.1. The van der Waals surface area contributed by atoms with Crippen LogP contribution < -0.4 is 4.74 Å². The highest BCUT2D eigenvalue weighted by atomic mass is 16.5. The second-order valence-electron chi connectivity index (χ2n) is 4.59. The Labute approximate surface area is 118 Å². The third-order valence-electron chi connectivity index (χ3n) is 3.12. The average molecular weight is 274 g/mol. The summed E-state index contributed by atoms with van der Waals surface area (Å²) in [6.07, 6.45) is 2.56. The largest absolute Gasteiger partial charge is 0.497 e. The molecule has 106 valence electrons. The Morgan fingerprint density at radius 3 is 2.55 bits per heavy atom. The number of hydrogen-bond donors (Lipinski definition) is 0. The summed E-state index contributed by atoms with van der Waals surface area (Å²) in [5.41, 5.74) is 2.22. The van der Waals surface area contributed by atoms with Gasteiger partial charge in [-0.2, -0.15) is 5.10 Å². The third-order valence-corrected chi connectivity index (χ3v) is 3.12. The molecule has 0 aliphatic heterocycles. The molecule has 0 N–H and O–H groups in total. The topological polar surface area (TPSA) is 53.4 Å². The number of carbonyl (C=O) groups excluding carboxylic acids is 1. The predicted octanol–water partition coefficient (Wildman–Crippen LogP) is 2.44. The van der Waals surface area contributed by atoms with Crippen LogP contribution in [-0.2, 0) is 4.74 Å². The zero-order valence-corrected chi connectivity index (χ0v) is 11.9. The summed E-state index contributed by atoms with van der Waals surface area (Å²) in [4.78, 5) is 11.2. The molecule has 2 aromatic rings. The van der Waals surface area contributed by atoms with Crippen LogP contribution in [0.25, 0.3) is 5.69 Å². The van der Waals surface area contributed by atoms with E-state index in [2.05, 4.69) is 5.10 Å². The minimum atomic E-state index is 0.0692. The Bertz CT molecular complexity index is 575. The molecule has 0 saturated heterocycles. The maximum absolute atomic E-state index is 11.2. The van der Waals surface area contributed by atoms with Crippen molar-refractivity contribution in [1.29, 1.82) is 0 Å². The second kappa shape index (κ2) is 6.34. The zero-order valence-electron chi connectivity index (χ0n) is 11.9. The van der Waals surface area contributed by atoms with Crippen LogP contribution >= 0.6 is 0 Å². The van der Waals surface area contributed by atoms with Crippen molar-refractivity contribution in [2.24, 2.45) is 0 Å². The van der Waals surface area contributed by atoms with Gasteiger partial charge in [0, 0.05) is 19.2 Å². The predicted molar refractivity (Wildman–Crippen MR) is 75.8 cm³/mol. The Hall–Kier alpha value is -2.14. The molecule has 5 nitrogen and oxygen atoms in total. The molecule has 0 spiro atoms. The van der Waals surface area contributed by atoms with Crippen molar-refractivity contribution in [3.05, 3.63) is 41.7 Å². The lowest BCUT2D eigenvalue weighted by Gasteiger charge is -2.07. The molecule has 0 bridgehead atoms. The molecule has 0 radical (unpaired) electrons. The SMILES string of the molecule is COCC(C)c1nn(-c2ccc(OC)cc2)cc1C=O. The van der Waals surface area contributed by atoms with Gasteiger partial charge >= 0.3 is 0 Å². The van der Waals surface area contributed by atoms with Gasteiger partial charge in [0.2, 0.25) is 0 Å². The molecule has 20 heavy (non-hydrogen) atoms. The highest BCUT2D eigenvalue weighted by molar-refractivity contribution is 5.76. The van der Waals surface area contributed by atoms with E-state index >= 15 is 0 Å². The van der Waals surface area contributed by atoms with Crippen LogP contribution in [0.2, 0.25) is 0 Å². The minimum absolute atomic E-state index is 0.0692. The van der Waals surface area contributed by atoms with E-state index in [4.69, 9.17) is 9.47 Å². The molecule has 0 aliphatic carbocycles. The lowest BCUT2D eigenvalue weighted by Crippen LogP contribution is -2.05. The quantitative estimate of drug-likeness (QED) is 0.759. The van der Waals surface area contributed by atoms with E-state index in [9.17, 15) is 4.79 Å². The number of aldehydes is 1. The van der Waals surface area contributed by atoms with Crippen molar-refractivity contribution >= 4 is 6.29 Å². The first-order valence-corrected chi connectivity index (χ1v) is 6.37. The van der Waals surface area contributed by atoms with Crippen molar-refractivity contribution in [3.63, 3.8) is 0 Å². The molecule has 0 fully saturated rings. The molecule has 1 heterocycles. The smallest absolute Gasteiger partial charge is 0.153 e. The Kier molecular flexibility index (Phi) is 4.53. The van der Waals surface area contributed by atoms with Crippen molar-refractivity contribution in [2.75, 3.05) is 20.8 Å². The van der Waals surface area contributed by atoms with Crippen LogP contribution in [-0.4, -0.2) is 36.9 Å². The molecule has 0 aliphatic rings. The van der Waals surface area contributed by atoms with E-state index in [1.54, 1.807) is 25.1 Å². The Balaban J connectivity index is 2.34. The minimum Gasteiger partial charge on any atom is -0.497 e. The lowest BCUT2D eigenvalue weighted by molar-refractivity contribution is 0.112. The van der Waals surface area contributed by atoms with Gasteiger partial charge in [0.1, 0.15) is 5.75 Å². The van der Waals surface area contributed by atoms with Crippen LogP contribution in [0.3, 0.4) is 0 Å². The summed E-state index contributed by atoms with van der Waals surface area (Å²) in [5, 5.41) is 4.49. The van der Waals surface area contributed by atoms with Crippen LogP contribution in [0, 0.1) is 0 Å². The van der Waals surface area contributed by atoms with Crippen molar-refractivity contribution < 1.29 is 14.3 Å². The summed E-state index contributed by atoms with van der Waals surface area (Å²) in [6, 6.07) is 7.50. The van der Waals surface area contributed by atoms with Gasteiger partial charge < -0.3 is 9.47 Å². The number of methoxy groups -OCH3 is 2. The number of rotatable bonds is 6. The van der Waals surface area contributed by atoms with Crippen LogP contribution in [0.4, 0.5) is 0 Å². The van der Waals surface area contributed by atoms with Crippen molar-refractivity contribution in [3.8, 4) is 11.4 Å². The molecule has 2 rings (SSSR count). The van der Waals surface area contributed by atoms with Gasteiger partial charge in [-0.15, -0.1) is 0 Å². The van der Waals surface area contributed by atoms with Gasteiger partial charge in [-0.05, 0) is 24.3 Å². The standard InChI is InChI=1S/C15H18N2O3/c1-11(10-19-2)15-12(9-18)8-17(16-15)13-4-6-14(20-3)7-5-13/h4-9,11H,10H2,1-3H3. The first-order valence-electron chi connectivity index (χ1n) is 6.37.